The Morgan fingerprint density at radius 3 is 2.45 bits per heavy atom. The molecule has 5 nitrogen and oxygen atoms in total. The number of sulfonamides is 1. The van der Waals surface area contributed by atoms with Crippen LogP contribution in [0.4, 0.5) is 0 Å². The van der Waals surface area contributed by atoms with Crippen LogP contribution in [0, 0.1) is 20.8 Å². The van der Waals surface area contributed by atoms with E-state index in [1.807, 2.05) is 50.1 Å². The van der Waals surface area contributed by atoms with Gasteiger partial charge in [-0.2, -0.15) is 0 Å². The second-order valence-corrected chi connectivity index (χ2v) is 7.04. The van der Waals surface area contributed by atoms with Gasteiger partial charge in [0.15, 0.2) is 0 Å². The van der Waals surface area contributed by atoms with E-state index in [1.165, 1.54) is 0 Å². The number of rotatable bonds is 6. The van der Waals surface area contributed by atoms with Crippen LogP contribution in [0.25, 0.3) is 0 Å². The number of hydrogen-bond acceptors (Lipinski definition) is 2. The number of benzene rings is 1. The fourth-order valence-corrected chi connectivity index (χ4v) is 3.61. The number of aromatic nitrogens is 2. The molecule has 0 aliphatic carbocycles. The van der Waals surface area contributed by atoms with E-state index in [0.717, 1.165) is 29.7 Å². The predicted molar refractivity (Wildman–Crippen MR) is 81.4 cm³/mol. The maximum atomic E-state index is 12.4. The van der Waals surface area contributed by atoms with E-state index in [1.54, 1.807) is 6.07 Å². The molecule has 2 N–H and O–H groups in total. The summed E-state index contributed by atoms with van der Waals surface area (Å²) < 4.78 is 29.4. The fourth-order valence-electron chi connectivity index (χ4n) is 2.23. The van der Waals surface area contributed by atoms with E-state index in [0.29, 0.717) is 11.4 Å². The zero-order valence-corrected chi connectivity index (χ0v) is 15.5. The molecule has 0 atom stereocenters. The molecule has 2 rings (SSSR count). The van der Waals surface area contributed by atoms with Gasteiger partial charge in [-0.1, -0.05) is 6.07 Å². The van der Waals surface area contributed by atoms with E-state index in [4.69, 9.17) is 0 Å². The standard InChI is InChI=1S/C15H21N3O2S.BrH/c1-12-9-14(3)15(10-13(12)2)21(19,20)17-5-4-7-18-8-6-16-11-18;/h6,8-11,17H,4-5,7H2,1-3H3;1H. The Balaban J connectivity index is 0.00000242. The molecule has 0 radical (unpaired) electrons. The summed E-state index contributed by atoms with van der Waals surface area (Å²) >= 11 is 0. The van der Waals surface area contributed by atoms with Crippen molar-refractivity contribution in [3.63, 3.8) is 0 Å². The fraction of sp³-hybridized carbons (Fsp3) is 0.400. The summed E-state index contributed by atoms with van der Waals surface area (Å²) in [7, 11) is -3.44. The van der Waals surface area contributed by atoms with Crippen LogP contribution >= 0.6 is 0 Å². The number of aryl methyl sites for hydroxylation is 4. The van der Waals surface area contributed by atoms with Gasteiger partial charge >= 0.3 is 0 Å². The van der Waals surface area contributed by atoms with Crippen LogP contribution in [0.5, 0.6) is 0 Å². The Morgan fingerprint density at radius 1 is 1.14 bits per heavy atom. The lowest BCUT2D eigenvalue weighted by Gasteiger charge is -2.11. The van der Waals surface area contributed by atoms with Gasteiger partial charge in [0.1, 0.15) is 12.4 Å². The monoisotopic (exact) mass is 387 g/mol. The molecule has 1 aromatic heterocycles. The molecular formula is C15H22BrN3O2S. The molecular weight excluding hydrogens is 366 g/mol. The second-order valence-electron chi connectivity index (χ2n) is 5.30. The molecule has 0 saturated heterocycles. The van der Waals surface area contributed by atoms with Crippen molar-refractivity contribution < 1.29 is 30.0 Å². The summed E-state index contributed by atoms with van der Waals surface area (Å²) in [5.74, 6) is 0. The lowest BCUT2D eigenvalue weighted by molar-refractivity contribution is -0.695. The number of imidazole rings is 1. The van der Waals surface area contributed by atoms with Crippen LogP contribution < -0.4 is 26.3 Å². The number of halogens is 1. The summed E-state index contributed by atoms with van der Waals surface area (Å²) in [5.41, 5.74) is 2.88. The first-order chi connectivity index (χ1) is 9.90. The van der Waals surface area contributed by atoms with Crippen LogP contribution in [0.3, 0.4) is 0 Å². The minimum Gasteiger partial charge on any atom is -1.00 e. The van der Waals surface area contributed by atoms with Crippen molar-refractivity contribution in [2.24, 2.45) is 0 Å². The summed E-state index contributed by atoms with van der Waals surface area (Å²) in [6.45, 7) is 6.94. The highest BCUT2D eigenvalue weighted by molar-refractivity contribution is 7.89. The first-order valence-electron chi connectivity index (χ1n) is 6.99. The molecule has 2 aromatic rings. The molecule has 1 heterocycles. The summed E-state index contributed by atoms with van der Waals surface area (Å²) in [6, 6.07) is 3.66. The average molecular weight is 388 g/mol. The number of hydrogen-bond donors (Lipinski definition) is 2. The van der Waals surface area contributed by atoms with Crippen molar-refractivity contribution in [2.45, 2.75) is 38.6 Å². The quantitative estimate of drug-likeness (QED) is 0.472. The Labute approximate surface area is 142 Å². The third-order valence-corrected chi connectivity index (χ3v) is 5.17. The van der Waals surface area contributed by atoms with Crippen molar-refractivity contribution in [3.8, 4) is 0 Å². The topological polar surface area (TPSA) is 65.8 Å². The molecule has 122 valence electrons. The van der Waals surface area contributed by atoms with Gasteiger partial charge in [-0.25, -0.2) is 17.7 Å². The van der Waals surface area contributed by atoms with Crippen molar-refractivity contribution in [1.82, 2.24) is 9.71 Å². The Hall–Kier alpha value is -1.18. The minimum absolute atomic E-state index is 0. The lowest BCUT2D eigenvalue weighted by Crippen LogP contribution is -3.00. The van der Waals surface area contributed by atoms with E-state index in [2.05, 4.69) is 9.71 Å². The molecule has 0 aliphatic heterocycles. The normalized spacial score (nSPS) is 11.2. The first-order valence-corrected chi connectivity index (χ1v) is 8.48. The van der Waals surface area contributed by atoms with Crippen LogP contribution in [0.15, 0.2) is 35.7 Å². The molecule has 0 spiro atoms. The molecule has 0 fully saturated rings. The summed E-state index contributed by atoms with van der Waals surface area (Å²) in [6.07, 6.45) is 6.35. The van der Waals surface area contributed by atoms with E-state index < -0.39 is 10.0 Å². The SMILES string of the molecule is Cc1cc(C)c(S(=O)(=O)NCCC[n+]2cc[nH]c2)cc1C.[Br-]. The Kier molecular flexibility index (Phi) is 6.77. The smallest absolute Gasteiger partial charge is 0.241 e. The van der Waals surface area contributed by atoms with Gasteiger partial charge in [0, 0.05) is 6.54 Å². The van der Waals surface area contributed by atoms with E-state index >= 15 is 0 Å². The maximum Gasteiger partial charge on any atom is 0.241 e. The van der Waals surface area contributed by atoms with Crippen LogP contribution in [0.2, 0.25) is 0 Å². The highest BCUT2D eigenvalue weighted by Crippen LogP contribution is 2.19. The maximum absolute atomic E-state index is 12.4. The van der Waals surface area contributed by atoms with Gasteiger partial charge in [0.2, 0.25) is 16.4 Å². The molecule has 7 heteroatoms. The third-order valence-electron chi connectivity index (χ3n) is 3.57. The lowest BCUT2D eigenvalue weighted by atomic mass is 10.1. The first kappa shape index (κ1) is 18.9. The number of aromatic amines is 1. The third kappa shape index (κ3) is 4.66. The van der Waals surface area contributed by atoms with Crippen LogP contribution in [-0.2, 0) is 16.6 Å². The van der Waals surface area contributed by atoms with Crippen molar-refractivity contribution in [3.05, 3.63) is 47.5 Å². The number of nitrogens with zero attached hydrogens (tertiary/aromatic N) is 1. The highest BCUT2D eigenvalue weighted by Gasteiger charge is 2.17. The predicted octanol–water partition coefficient (Wildman–Crippen LogP) is -1.40. The molecule has 22 heavy (non-hydrogen) atoms. The molecule has 0 unspecified atom stereocenters. The van der Waals surface area contributed by atoms with Gasteiger partial charge in [-0.3, -0.25) is 4.98 Å². The summed E-state index contributed by atoms with van der Waals surface area (Å²) in [4.78, 5) is 3.33. The van der Waals surface area contributed by atoms with Crippen molar-refractivity contribution in [1.29, 1.82) is 0 Å². The zero-order chi connectivity index (χ0) is 15.5. The van der Waals surface area contributed by atoms with E-state index in [-0.39, 0.29) is 17.0 Å². The van der Waals surface area contributed by atoms with Crippen LogP contribution in [0.1, 0.15) is 23.1 Å². The molecule has 1 aromatic carbocycles. The van der Waals surface area contributed by atoms with Gasteiger partial charge < -0.3 is 17.0 Å². The second kappa shape index (κ2) is 7.89. The number of H-pyrrole nitrogens is 1. The van der Waals surface area contributed by atoms with Crippen molar-refractivity contribution >= 4 is 10.0 Å². The molecule has 0 amide bonds. The zero-order valence-electron chi connectivity index (χ0n) is 13.1. The molecule has 0 saturated carbocycles. The molecule has 0 bridgehead atoms. The summed E-state index contributed by atoms with van der Waals surface area (Å²) in [5, 5.41) is 0. The Morgan fingerprint density at radius 2 is 1.82 bits per heavy atom. The Bertz CT molecular complexity index is 713. The minimum atomic E-state index is -3.44. The largest absolute Gasteiger partial charge is 1.00 e. The van der Waals surface area contributed by atoms with Gasteiger partial charge in [0.25, 0.3) is 0 Å². The van der Waals surface area contributed by atoms with E-state index in [9.17, 15) is 8.42 Å². The number of nitrogens with one attached hydrogen (secondary N) is 2. The van der Waals surface area contributed by atoms with Crippen molar-refractivity contribution in [2.75, 3.05) is 6.54 Å². The van der Waals surface area contributed by atoms with Gasteiger partial charge in [0.05, 0.1) is 11.4 Å². The highest BCUT2D eigenvalue weighted by atomic mass is 79.9. The van der Waals surface area contributed by atoms with Gasteiger partial charge in [-0.05, 0) is 49.9 Å². The average Bonchev–Trinajstić information content (AvgIpc) is 2.92. The van der Waals surface area contributed by atoms with Gasteiger partial charge in [-0.15, -0.1) is 0 Å². The van der Waals surface area contributed by atoms with Crippen LogP contribution in [-0.4, -0.2) is 19.9 Å². The molecule has 0 aliphatic rings.